The summed E-state index contributed by atoms with van der Waals surface area (Å²) in [6, 6.07) is 9.45. The van der Waals surface area contributed by atoms with Crippen LogP contribution in [0.3, 0.4) is 0 Å². The summed E-state index contributed by atoms with van der Waals surface area (Å²) in [6.07, 6.45) is 4.29. The number of esters is 1. The topological polar surface area (TPSA) is 135 Å². The van der Waals surface area contributed by atoms with Crippen LogP contribution < -0.4 is 5.32 Å². The number of ether oxygens (including phenoxy) is 2. The predicted molar refractivity (Wildman–Crippen MR) is 182 cm³/mol. The van der Waals surface area contributed by atoms with E-state index in [0.717, 1.165) is 18.9 Å². The summed E-state index contributed by atoms with van der Waals surface area (Å²) in [6.45, 7) is 3.33. The summed E-state index contributed by atoms with van der Waals surface area (Å²) in [4.78, 5) is 43.9. The van der Waals surface area contributed by atoms with E-state index in [1.54, 1.807) is 36.1 Å². The molecule has 0 bridgehead atoms. The Morgan fingerprint density at radius 2 is 1.69 bits per heavy atom. The molecule has 1 aliphatic carbocycles. The molecule has 2 aromatic carbocycles. The van der Waals surface area contributed by atoms with Gasteiger partial charge < -0.3 is 19.2 Å². The number of Topliss-reactive ketones (excluding diaryl/α,β-unsaturated/α-hetero) is 1. The van der Waals surface area contributed by atoms with Gasteiger partial charge in [0.2, 0.25) is 5.85 Å². The van der Waals surface area contributed by atoms with Crippen molar-refractivity contribution in [3.8, 4) is 0 Å². The van der Waals surface area contributed by atoms with Crippen LogP contribution in [0.15, 0.2) is 47.1 Å². The number of amides is 1. The number of furan rings is 1. The van der Waals surface area contributed by atoms with Crippen LogP contribution in [0.2, 0.25) is 5.02 Å². The summed E-state index contributed by atoms with van der Waals surface area (Å²) in [5, 5.41) is 3.28. The Morgan fingerprint density at radius 3 is 2.39 bits per heavy atom. The van der Waals surface area contributed by atoms with Gasteiger partial charge in [-0.3, -0.25) is 24.2 Å². The van der Waals surface area contributed by atoms with Gasteiger partial charge in [0.25, 0.3) is 5.91 Å². The van der Waals surface area contributed by atoms with Gasteiger partial charge in [0, 0.05) is 38.0 Å². The quantitative estimate of drug-likeness (QED) is 0.264. The molecule has 1 N–H and O–H groups in total. The van der Waals surface area contributed by atoms with E-state index in [2.05, 4.69) is 5.32 Å². The highest BCUT2D eigenvalue weighted by Crippen LogP contribution is 2.37. The van der Waals surface area contributed by atoms with Crippen LogP contribution in [0.5, 0.6) is 0 Å². The number of carbonyl (C=O) groups is 3. The van der Waals surface area contributed by atoms with Crippen LogP contribution in [0.1, 0.15) is 61.4 Å². The minimum Gasteiger partial charge on any atom is -0.466 e. The van der Waals surface area contributed by atoms with Gasteiger partial charge in [0.15, 0.2) is 15.6 Å². The second-order valence-corrected chi connectivity index (χ2v) is 15.6. The van der Waals surface area contributed by atoms with Crippen molar-refractivity contribution in [3.63, 3.8) is 0 Å². The summed E-state index contributed by atoms with van der Waals surface area (Å²) in [5.41, 5.74) is 0.844. The lowest BCUT2D eigenvalue weighted by atomic mass is 9.87. The third-order valence-electron chi connectivity index (χ3n) is 9.76. The van der Waals surface area contributed by atoms with Crippen LogP contribution in [0, 0.1) is 11.7 Å². The molecule has 3 fully saturated rings. The van der Waals surface area contributed by atoms with Gasteiger partial charge in [0.05, 0.1) is 46.4 Å². The first-order valence-electron chi connectivity index (χ1n) is 16.8. The van der Waals surface area contributed by atoms with Crippen molar-refractivity contribution < 1.29 is 41.1 Å². The van der Waals surface area contributed by atoms with Crippen LogP contribution in [0.25, 0.3) is 11.0 Å². The van der Waals surface area contributed by atoms with Crippen molar-refractivity contribution in [3.05, 3.63) is 64.6 Å². The fourth-order valence-corrected chi connectivity index (χ4v) is 8.60. The first-order chi connectivity index (χ1) is 23.5. The summed E-state index contributed by atoms with van der Waals surface area (Å²) in [7, 11) is -3.29. The van der Waals surface area contributed by atoms with E-state index in [-0.39, 0.29) is 64.7 Å². The Balaban J connectivity index is 1.27. The summed E-state index contributed by atoms with van der Waals surface area (Å²) < 4.78 is 58.3. The number of rotatable bonds is 11. The fourth-order valence-electron chi connectivity index (χ4n) is 7.16. The fraction of sp³-hybridized carbons (Fsp3) is 0.514. The zero-order valence-corrected chi connectivity index (χ0v) is 29.0. The number of halogens is 2. The first-order valence-corrected chi connectivity index (χ1v) is 19.0. The number of nitrogens with zero attached hydrogens (tertiary/aromatic N) is 2. The number of anilines is 1. The number of ketones is 1. The molecule has 2 saturated heterocycles. The molecular weight excluding hydrogens is 677 g/mol. The maximum atomic E-state index is 15.8. The number of para-hydroxylation sites is 1. The zero-order chi connectivity index (χ0) is 34.8. The van der Waals surface area contributed by atoms with Crippen molar-refractivity contribution in [2.24, 2.45) is 5.92 Å². The Morgan fingerprint density at radius 1 is 1.02 bits per heavy atom. The lowest BCUT2D eigenvalue weighted by molar-refractivity contribution is -0.255. The molecular formula is C35H41ClFN3O8S. The van der Waals surface area contributed by atoms with Gasteiger partial charge >= 0.3 is 5.97 Å². The average Bonchev–Trinajstić information content (AvgIpc) is 3.78. The normalized spacial score (nSPS) is 22.8. The highest BCUT2D eigenvalue weighted by molar-refractivity contribution is 7.91. The van der Waals surface area contributed by atoms with E-state index in [0.29, 0.717) is 56.3 Å². The van der Waals surface area contributed by atoms with Gasteiger partial charge in [-0.25, -0.2) is 12.8 Å². The molecule has 3 heterocycles. The van der Waals surface area contributed by atoms with E-state index >= 15 is 4.39 Å². The molecule has 49 heavy (non-hydrogen) atoms. The molecule has 0 spiro atoms. The first kappa shape index (κ1) is 35.5. The monoisotopic (exact) mass is 717 g/mol. The second-order valence-electron chi connectivity index (χ2n) is 12.9. The van der Waals surface area contributed by atoms with E-state index in [1.165, 1.54) is 12.3 Å². The third kappa shape index (κ3) is 7.56. The molecule has 264 valence electrons. The van der Waals surface area contributed by atoms with Crippen molar-refractivity contribution in [1.82, 2.24) is 9.80 Å². The van der Waals surface area contributed by atoms with Gasteiger partial charge in [-0.05, 0) is 69.2 Å². The molecule has 0 radical (unpaired) electrons. The Labute approximate surface area is 289 Å². The lowest BCUT2D eigenvalue weighted by Crippen LogP contribution is -2.70. The molecule has 1 aromatic heterocycles. The number of nitrogens with one attached hydrogen (secondary N) is 1. The molecule has 1 unspecified atom stereocenters. The largest absolute Gasteiger partial charge is 0.466 e. The summed E-state index contributed by atoms with van der Waals surface area (Å²) in [5.74, 6) is -4.09. The maximum absolute atomic E-state index is 15.8. The molecule has 1 atom stereocenters. The van der Waals surface area contributed by atoms with Gasteiger partial charge in [-0.2, -0.15) is 0 Å². The number of likely N-dealkylation sites (tertiary alicyclic amines) is 1. The number of benzene rings is 2. The van der Waals surface area contributed by atoms with Gasteiger partial charge in [-0.1, -0.05) is 29.8 Å². The highest BCUT2D eigenvalue weighted by Gasteiger charge is 2.53. The van der Waals surface area contributed by atoms with Crippen molar-refractivity contribution >= 4 is 55.8 Å². The minimum absolute atomic E-state index is 0.0181. The molecule has 1 saturated carbocycles. The molecule has 6 rings (SSSR count). The Hall–Kier alpha value is -3.36. The zero-order valence-electron chi connectivity index (χ0n) is 27.4. The van der Waals surface area contributed by atoms with Crippen LogP contribution in [-0.4, -0.2) is 92.1 Å². The molecule has 3 aliphatic rings. The van der Waals surface area contributed by atoms with E-state index < -0.39 is 39.3 Å². The minimum atomic E-state index is -3.29. The van der Waals surface area contributed by atoms with Crippen molar-refractivity contribution in [2.45, 2.75) is 63.8 Å². The summed E-state index contributed by atoms with van der Waals surface area (Å²) >= 11 is 6.57. The SMILES string of the molecule is CCOC(=O)C1CCC(OC(C(=O)Cc2cc(Cl)c(NC(=O)c3coc4ccccc34)cc2F)(N2CCCC2)N2CCS(=O)(=O)CC2)CC1. The van der Waals surface area contributed by atoms with Crippen LogP contribution in [0.4, 0.5) is 10.1 Å². The maximum Gasteiger partial charge on any atom is 0.308 e. The Bertz CT molecular complexity index is 1810. The lowest BCUT2D eigenvalue weighted by Gasteiger charge is -2.50. The molecule has 14 heteroatoms. The molecule has 2 aliphatic heterocycles. The third-order valence-corrected chi connectivity index (χ3v) is 11.7. The van der Waals surface area contributed by atoms with Crippen molar-refractivity contribution in [2.75, 3.05) is 49.6 Å². The predicted octanol–water partition coefficient (Wildman–Crippen LogP) is 5.21. The van der Waals surface area contributed by atoms with Crippen LogP contribution >= 0.6 is 11.6 Å². The van der Waals surface area contributed by atoms with Crippen LogP contribution in [-0.2, 0) is 35.3 Å². The standard InChI is InChI=1S/C35H41ClFN3O8S/c1-2-46-34(43)23-9-11-25(12-10-23)48-35(39-13-5-6-14-39,40-15-17-49(44,45)18-16-40)32(41)20-24-19-28(36)30(21-29(24)37)38-33(42)27-22-47-31-8-4-3-7-26(27)31/h3-4,7-8,19,21-23,25H,2,5-6,9-18,20H2,1H3,(H,38,42). The number of hydrogen-bond donors (Lipinski definition) is 1. The average molecular weight is 718 g/mol. The smallest absolute Gasteiger partial charge is 0.308 e. The van der Waals surface area contributed by atoms with Gasteiger partial charge in [-0.15, -0.1) is 0 Å². The van der Waals surface area contributed by atoms with Crippen molar-refractivity contribution in [1.29, 1.82) is 0 Å². The van der Waals surface area contributed by atoms with E-state index in [9.17, 15) is 22.8 Å². The highest BCUT2D eigenvalue weighted by atomic mass is 35.5. The molecule has 3 aromatic rings. The van der Waals surface area contributed by atoms with Gasteiger partial charge in [0.1, 0.15) is 17.7 Å². The number of carbonyl (C=O) groups excluding carboxylic acids is 3. The second kappa shape index (κ2) is 14.9. The number of fused-ring (bicyclic) bond motifs is 1. The molecule has 1 amide bonds. The van der Waals surface area contributed by atoms with E-state index in [1.807, 2.05) is 4.90 Å². The van der Waals surface area contributed by atoms with E-state index in [4.69, 9.17) is 25.5 Å². The number of hydrogen-bond acceptors (Lipinski definition) is 10. The molecule has 11 nitrogen and oxygen atoms in total. The number of sulfone groups is 1. The Kier molecular flexibility index (Phi) is 10.8.